The van der Waals surface area contributed by atoms with Gasteiger partial charge in [-0.15, -0.1) is 0 Å². The fourth-order valence-electron chi connectivity index (χ4n) is 2.18. The van der Waals surface area contributed by atoms with Crippen molar-refractivity contribution in [1.82, 2.24) is 10.3 Å². The fraction of sp³-hybridized carbons (Fsp3) is 0.312. The number of likely N-dealkylation sites (N-methyl/N-ethyl adjacent to an activating group) is 1. The molecule has 1 atom stereocenters. The van der Waals surface area contributed by atoms with E-state index in [4.69, 9.17) is 0 Å². The zero-order chi connectivity index (χ0) is 13.8. The first-order valence-corrected chi connectivity index (χ1v) is 6.45. The van der Waals surface area contributed by atoms with Gasteiger partial charge in [0.1, 0.15) is 5.82 Å². The Labute approximate surface area is 113 Å². The van der Waals surface area contributed by atoms with Gasteiger partial charge in [0.05, 0.1) is 0 Å². The molecule has 0 bridgehead atoms. The minimum absolute atomic E-state index is 0.0749. The molecular weight excluding hydrogens is 239 g/mol. The summed E-state index contributed by atoms with van der Waals surface area (Å²) in [5.74, 6) is -0.197. The highest BCUT2D eigenvalue weighted by atomic mass is 19.1. The van der Waals surface area contributed by atoms with Crippen LogP contribution in [0.1, 0.15) is 28.4 Å². The van der Waals surface area contributed by atoms with Gasteiger partial charge in [-0.25, -0.2) is 4.39 Å². The van der Waals surface area contributed by atoms with Gasteiger partial charge in [0.2, 0.25) is 0 Å². The lowest BCUT2D eigenvalue weighted by Gasteiger charge is -2.18. The van der Waals surface area contributed by atoms with E-state index in [9.17, 15) is 4.39 Å². The van der Waals surface area contributed by atoms with Crippen LogP contribution in [0, 0.1) is 19.7 Å². The van der Waals surface area contributed by atoms with E-state index in [-0.39, 0.29) is 11.9 Å². The number of pyridine rings is 1. The Morgan fingerprint density at radius 1 is 1.21 bits per heavy atom. The summed E-state index contributed by atoms with van der Waals surface area (Å²) in [6, 6.07) is 9.06. The molecule has 0 spiro atoms. The van der Waals surface area contributed by atoms with E-state index in [1.165, 1.54) is 6.07 Å². The minimum atomic E-state index is -0.197. The van der Waals surface area contributed by atoms with E-state index in [0.717, 1.165) is 28.8 Å². The molecule has 1 heterocycles. The lowest BCUT2D eigenvalue weighted by atomic mass is 9.97. The molecule has 0 fully saturated rings. The molecule has 0 aliphatic carbocycles. The molecule has 0 aliphatic rings. The fourth-order valence-corrected chi connectivity index (χ4v) is 2.18. The van der Waals surface area contributed by atoms with Gasteiger partial charge >= 0.3 is 0 Å². The van der Waals surface area contributed by atoms with Crippen molar-refractivity contribution in [3.63, 3.8) is 0 Å². The van der Waals surface area contributed by atoms with Crippen molar-refractivity contribution in [2.75, 3.05) is 7.05 Å². The van der Waals surface area contributed by atoms with Gasteiger partial charge in [0.15, 0.2) is 0 Å². The standard InChI is InChI=1S/C16H19FN2/c1-11-4-7-14(19-10-11)9-16(18-3)15-8-13(17)6-5-12(15)2/h4-8,10,16,18H,9H2,1-3H3. The van der Waals surface area contributed by atoms with Crippen LogP contribution in [0.25, 0.3) is 0 Å². The molecule has 0 radical (unpaired) electrons. The summed E-state index contributed by atoms with van der Waals surface area (Å²) < 4.78 is 13.4. The summed E-state index contributed by atoms with van der Waals surface area (Å²) in [7, 11) is 1.89. The van der Waals surface area contributed by atoms with Crippen LogP contribution in [-0.2, 0) is 6.42 Å². The molecule has 1 unspecified atom stereocenters. The maximum Gasteiger partial charge on any atom is 0.123 e. The van der Waals surface area contributed by atoms with Crippen LogP contribution in [0.5, 0.6) is 0 Å². The maximum absolute atomic E-state index is 13.4. The van der Waals surface area contributed by atoms with E-state index in [1.54, 1.807) is 6.07 Å². The van der Waals surface area contributed by atoms with Crippen LogP contribution in [0.3, 0.4) is 0 Å². The molecule has 19 heavy (non-hydrogen) atoms. The Balaban J connectivity index is 2.24. The van der Waals surface area contributed by atoms with Crippen molar-refractivity contribution in [2.45, 2.75) is 26.3 Å². The second-order valence-electron chi connectivity index (χ2n) is 4.87. The van der Waals surface area contributed by atoms with Gasteiger partial charge in [0, 0.05) is 24.4 Å². The predicted molar refractivity (Wildman–Crippen MR) is 75.6 cm³/mol. The average molecular weight is 258 g/mol. The van der Waals surface area contributed by atoms with Crippen molar-refractivity contribution in [3.05, 3.63) is 64.7 Å². The molecule has 0 aliphatic heterocycles. The van der Waals surface area contributed by atoms with Crippen LogP contribution in [0.15, 0.2) is 36.5 Å². The van der Waals surface area contributed by atoms with Crippen LogP contribution in [-0.4, -0.2) is 12.0 Å². The number of nitrogens with zero attached hydrogens (tertiary/aromatic N) is 1. The topological polar surface area (TPSA) is 24.9 Å². The maximum atomic E-state index is 13.4. The molecular formula is C16H19FN2. The SMILES string of the molecule is CNC(Cc1ccc(C)cn1)c1cc(F)ccc1C. The molecule has 2 nitrogen and oxygen atoms in total. The third kappa shape index (κ3) is 3.38. The lowest BCUT2D eigenvalue weighted by Crippen LogP contribution is -2.20. The van der Waals surface area contributed by atoms with E-state index in [1.807, 2.05) is 45.3 Å². The smallest absolute Gasteiger partial charge is 0.123 e. The number of rotatable bonds is 4. The largest absolute Gasteiger partial charge is 0.313 e. The summed E-state index contributed by atoms with van der Waals surface area (Å²) >= 11 is 0. The molecule has 0 saturated carbocycles. The number of hydrogen-bond acceptors (Lipinski definition) is 2. The van der Waals surface area contributed by atoms with Crippen molar-refractivity contribution in [2.24, 2.45) is 0 Å². The highest BCUT2D eigenvalue weighted by Gasteiger charge is 2.14. The van der Waals surface area contributed by atoms with Gasteiger partial charge in [-0.3, -0.25) is 4.98 Å². The molecule has 2 aromatic rings. The Morgan fingerprint density at radius 3 is 2.63 bits per heavy atom. The number of hydrogen-bond donors (Lipinski definition) is 1. The van der Waals surface area contributed by atoms with Crippen LogP contribution < -0.4 is 5.32 Å². The van der Waals surface area contributed by atoms with Gasteiger partial charge in [-0.05, 0) is 55.8 Å². The van der Waals surface area contributed by atoms with Gasteiger partial charge in [-0.2, -0.15) is 0 Å². The highest BCUT2D eigenvalue weighted by Crippen LogP contribution is 2.22. The van der Waals surface area contributed by atoms with Gasteiger partial charge < -0.3 is 5.32 Å². The first-order chi connectivity index (χ1) is 9.10. The third-order valence-electron chi connectivity index (χ3n) is 3.35. The zero-order valence-electron chi connectivity index (χ0n) is 11.6. The molecule has 0 saturated heterocycles. The van der Waals surface area contributed by atoms with Crippen molar-refractivity contribution in [3.8, 4) is 0 Å². The number of nitrogens with one attached hydrogen (secondary N) is 1. The van der Waals surface area contributed by atoms with E-state index in [0.29, 0.717) is 0 Å². The molecule has 2 rings (SSSR count). The van der Waals surface area contributed by atoms with E-state index in [2.05, 4.69) is 10.3 Å². The normalized spacial score (nSPS) is 12.4. The predicted octanol–water partition coefficient (Wildman–Crippen LogP) is 3.34. The van der Waals surface area contributed by atoms with Gasteiger partial charge in [-0.1, -0.05) is 12.1 Å². The second-order valence-corrected chi connectivity index (χ2v) is 4.87. The lowest BCUT2D eigenvalue weighted by molar-refractivity contribution is 0.568. The van der Waals surface area contributed by atoms with E-state index >= 15 is 0 Å². The monoisotopic (exact) mass is 258 g/mol. The van der Waals surface area contributed by atoms with Crippen LogP contribution in [0.4, 0.5) is 4.39 Å². The highest BCUT2D eigenvalue weighted by molar-refractivity contribution is 5.30. The number of halogens is 1. The Bertz CT molecular complexity index is 549. The van der Waals surface area contributed by atoms with E-state index < -0.39 is 0 Å². The summed E-state index contributed by atoms with van der Waals surface area (Å²) in [4.78, 5) is 4.41. The van der Waals surface area contributed by atoms with Crippen molar-refractivity contribution in [1.29, 1.82) is 0 Å². The Morgan fingerprint density at radius 2 is 2.00 bits per heavy atom. The number of benzene rings is 1. The molecule has 1 N–H and O–H groups in total. The Kier molecular flexibility index (Phi) is 4.27. The summed E-state index contributed by atoms with van der Waals surface area (Å²) in [5, 5.41) is 3.24. The minimum Gasteiger partial charge on any atom is -0.313 e. The van der Waals surface area contributed by atoms with Crippen LogP contribution >= 0.6 is 0 Å². The molecule has 0 amide bonds. The summed E-state index contributed by atoms with van der Waals surface area (Å²) in [6.45, 7) is 4.02. The van der Waals surface area contributed by atoms with Crippen molar-refractivity contribution >= 4 is 0 Å². The summed E-state index contributed by atoms with van der Waals surface area (Å²) in [5.41, 5.74) is 4.23. The molecule has 1 aromatic heterocycles. The molecule has 1 aromatic carbocycles. The number of aromatic nitrogens is 1. The van der Waals surface area contributed by atoms with Crippen molar-refractivity contribution < 1.29 is 4.39 Å². The average Bonchev–Trinajstić information content (AvgIpc) is 2.41. The zero-order valence-corrected chi connectivity index (χ0v) is 11.6. The van der Waals surface area contributed by atoms with Gasteiger partial charge in [0.25, 0.3) is 0 Å². The molecule has 3 heteroatoms. The summed E-state index contributed by atoms with van der Waals surface area (Å²) in [6.07, 6.45) is 2.61. The second kappa shape index (κ2) is 5.93. The molecule has 100 valence electrons. The Hall–Kier alpha value is -1.74. The third-order valence-corrected chi connectivity index (χ3v) is 3.35. The number of aryl methyl sites for hydroxylation is 2. The first-order valence-electron chi connectivity index (χ1n) is 6.45. The first kappa shape index (κ1) is 13.7. The van der Waals surface area contributed by atoms with Crippen LogP contribution in [0.2, 0.25) is 0 Å². The quantitative estimate of drug-likeness (QED) is 0.909.